The highest BCUT2D eigenvalue weighted by atomic mass is 19.1. The fourth-order valence-corrected chi connectivity index (χ4v) is 1.09. The molecule has 0 saturated carbocycles. The maximum Gasteiger partial charge on any atom is 0.214 e. The van der Waals surface area contributed by atoms with Crippen molar-refractivity contribution >= 4 is 0 Å². The highest BCUT2D eigenvalue weighted by molar-refractivity contribution is 5.33. The monoisotopic (exact) mass is 167 g/mol. The molecule has 0 fully saturated rings. The standard InChI is InChI=1S/C10H12FO/c1-10(2,3)7-5-4-6-8(12)9(7)11/h4-6H,1-3H3. The first-order chi connectivity index (χ1) is 5.43. The van der Waals surface area contributed by atoms with Gasteiger partial charge in [-0.1, -0.05) is 32.9 Å². The Morgan fingerprint density at radius 3 is 2.25 bits per heavy atom. The molecular formula is C10H12FO. The zero-order chi connectivity index (χ0) is 9.35. The molecule has 1 nitrogen and oxygen atoms in total. The molecule has 0 heterocycles. The summed E-state index contributed by atoms with van der Waals surface area (Å²) in [5.41, 5.74) is 0.180. The molecule has 0 N–H and O–H groups in total. The molecule has 0 aliphatic carbocycles. The van der Waals surface area contributed by atoms with Crippen LogP contribution in [0.25, 0.3) is 0 Å². The largest absolute Gasteiger partial charge is 0.287 e. The Balaban J connectivity index is 3.26. The van der Waals surface area contributed by atoms with Crippen molar-refractivity contribution in [2.45, 2.75) is 26.2 Å². The molecule has 0 amide bonds. The molecule has 1 radical (unpaired) electrons. The van der Waals surface area contributed by atoms with Gasteiger partial charge in [-0.2, -0.15) is 0 Å². The van der Waals surface area contributed by atoms with Crippen LogP contribution in [0.4, 0.5) is 4.39 Å². The average molecular weight is 167 g/mol. The Labute approximate surface area is 71.9 Å². The van der Waals surface area contributed by atoms with Crippen LogP contribution in [0, 0.1) is 5.82 Å². The first kappa shape index (κ1) is 9.04. The van der Waals surface area contributed by atoms with Crippen molar-refractivity contribution < 1.29 is 9.50 Å². The van der Waals surface area contributed by atoms with Crippen molar-refractivity contribution in [3.8, 4) is 5.75 Å². The van der Waals surface area contributed by atoms with Crippen LogP contribution < -0.4 is 0 Å². The third kappa shape index (κ3) is 1.58. The lowest BCUT2D eigenvalue weighted by atomic mass is 9.86. The van der Waals surface area contributed by atoms with E-state index in [1.54, 1.807) is 12.1 Å². The molecule has 1 aromatic carbocycles. The molecule has 65 valence electrons. The van der Waals surface area contributed by atoms with Gasteiger partial charge in [-0.15, -0.1) is 0 Å². The van der Waals surface area contributed by atoms with E-state index >= 15 is 0 Å². The predicted molar refractivity (Wildman–Crippen MR) is 45.2 cm³/mol. The summed E-state index contributed by atoms with van der Waals surface area (Å²) in [4.78, 5) is 0. The van der Waals surface area contributed by atoms with Crippen LogP contribution in [0.5, 0.6) is 5.75 Å². The van der Waals surface area contributed by atoms with Crippen LogP contribution in [0.1, 0.15) is 26.3 Å². The van der Waals surface area contributed by atoms with Gasteiger partial charge in [0.25, 0.3) is 0 Å². The second-order valence-corrected chi connectivity index (χ2v) is 3.87. The smallest absolute Gasteiger partial charge is 0.214 e. The number of benzene rings is 1. The van der Waals surface area contributed by atoms with Crippen molar-refractivity contribution in [3.63, 3.8) is 0 Å². The Kier molecular flexibility index (Phi) is 2.09. The number of halogens is 1. The minimum absolute atomic E-state index is 0.301. The van der Waals surface area contributed by atoms with E-state index in [0.717, 1.165) is 0 Å². The van der Waals surface area contributed by atoms with Crippen LogP contribution in [0.2, 0.25) is 0 Å². The van der Waals surface area contributed by atoms with Crippen LogP contribution in [-0.4, -0.2) is 0 Å². The van der Waals surface area contributed by atoms with Gasteiger partial charge in [0, 0.05) is 0 Å². The second kappa shape index (κ2) is 2.77. The Hall–Kier alpha value is -1.05. The van der Waals surface area contributed by atoms with Crippen molar-refractivity contribution in [1.82, 2.24) is 0 Å². The zero-order valence-corrected chi connectivity index (χ0v) is 7.52. The normalized spacial score (nSPS) is 11.7. The van der Waals surface area contributed by atoms with E-state index in [0.29, 0.717) is 5.56 Å². The van der Waals surface area contributed by atoms with Crippen LogP contribution in [-0.2, 0) is 10.5 Å². The van der Waals surface area contributed by atoms with Gasteiger partial charge in [0.1, 0.15) is 0 Å². The quantitative estimate of drug-likeness (QED) is 0.565. The molecule has 1 rings (SSSR count). The van der Waals surface area contributed by atoms with Crippen LogP contribution in [0.3, 0.4) is 0 Å². The van der Waals surface area contributed by atoms with E-state index in [1.807, 2.05) is 20.8 Å². The third-order valence-corrected chi connectivity index (χ3v) is 1.77. The Morgan fingerprint density at radius 1 is 1.25 bits per heavy atom. The Bertz CT molecular complexity index is 286. The van der Waals surface area contributed by atoms with Crippen molar-refractivity contribution in [2.24, 2.45) is 0 Å². The lowest BCUT2D eigenvalue weighted by Crippen LogP contribution is -2.13. The maximum absolute atomic E-state index is 13.2. The van der Waals surface area contributed by atoms with E-state index in [4.69, 9.17) is 0 Å². The topological polar surface area (TPSA) is 19.9 Å². The molecule has 2 heteroatoms. The average Bonchev–Trinajstić information content (AvgIpc) is 1.92. The van der Waals surface area contributed by atoms with E-state index in [2.05, 4.69) is 0 Å². The molecule has 0 atom stereocenters. The van der Waals surface area contributed by atoms with E-state index in [1.165, 1.54) is 6.07 Å². The van der Waals surface area contributed by atoms with Gasteiger partial charge in [-0.25, -0.2) is 4.39 Å². The predicted octanol–water partition coefficient (Wildman–Crippen LogP) is 3.27. The molecule has 0 aliphatic heterocycles. The van der Waals surface area contributed by atoms with Crippen molar-refractivity contribution in [1.29, 1.82) is 0 Å². The molecular weight excluding hydrogens is 155 g/mol. The highest BCUT2D eigenvalue weighted by Gasteiger charge is 2.20. The minimum Gasteiger partial charge on any atom is -0.287 e. The van der Waals surface area contributed by atoms with Gasteiger partial charge in [0.15, 0.2) is 5.82 Å². The first-order valence-electron chi connectivity index (χ1n) is 3.89. The van der Waals surface area contributed by atoms with Gasteiger partial charge < -0.3 is 0 Å². The summed E-state index contributed by atoms with van der Waals surface area (Å²) in [6.45, 7) is 5.64. The molecule has 12 heavy (non-hydrogen) atoms. The Morgan fingerprint density at radius 2 is 1.83 bits per heavy atom. The lowest BCUT2D eigenvalue weighted by Gasteiger charge is -2.19. The van der Waals surface area contributed by atoms with Gasteiger partial charge in [-0.05, 0) is 17.0 Å². The number of rotatable bonds is 0. The van der Waals surface area contributed by atoms with E-state index < -0.39 is 11.6 Å². The van der Waals surface area contributed by atoms with Gasteiger partial charge in [0.2, 0.25) is 5.75 Å². The van der Waals surface area contributed by atoms with Gasteiger partial charge >= 0.3 is 0 Å². The summed E-state index contributed by atoms with van der Waals surface area (Å²) in [6.07, 6.45) is 0. The van der Waals surface area contributed by atoms with E-state index in [9.17, 15) is 9.50 Å². The molecule has 0 bridgehead atoms. The summed E-state index contributed by atoms with van der Waals surface area (Å²) in [5.74, 6) is -1.15. The summed E-state index contributed by atoms with van der Waals surface area (Å²) in [5, 5.41) is 10.9. The maximum atomic E-state index is 13.2. The van der Waals surface area contributed by atoms with Crippen molar-refractivity contribution in [2.75, 3.05) is 0 Å². The molecule has 0 aromatic heterocycles. The fourth-order valence-electron chi connectivity index (χ4n) is 1.09. The fraction of sp³-hybridized carbons (Fsp3) is 0.400. The summed E-state index contributed by atoms with van der Waals surface area (Å²) in [7, 11) is 0. The SMILES string of the molecule is CC(C)(C)c1cccc([O])c1F. The molecule has 0 spiro atoms. The van der Waals surface area contributed by atoms with E-state index in [-0.39, 0.29) is 5.41 Å². The molecule has 0 saturated heterocycles. The molecule has 0 unspecified atom stereocenters. The lowest BCUT2D eigenvalue weighted by molar-refractivity contribution is 0.324. The summed E-state index contributed by atoms with van der Waals surface area (Å²) in [6, 6.07) is 4.48. The number of hydrogen-bond acceptors (Lipinski definition) is 0. The van der Waals surface area contributed by atoms with Gasteiger partial charge in [-0.3, -0.25) is 5.11 Å². The summed E-state index contributed by atoms with van der Waals surface area (Å²) >= 11 is 0. The second-order valence-electron chi connectivity index (χ2n) is 3.87. The minimum atomic E-state index is -0.620. The molecule has 1 aromatic rings. The summed E-state index contributed by atoms with van der Waals surface area (Å²) < 4.78 is 13.2. The van der Waals surface area contributed by atoms with Gasteiger partial charge in [0.05, 0.1) is 0 Å². The van der Waals surface area contributed by atoms with Crippen LogP contribution in [0.15, 0.2) is 18.2 Å². The molecule has 0 aliphatic rings. The van der Waals surface area contributed by atoms with Crippen LogP contribution >= 0.6 is 0 Å². The third-order valence-electron chi connectivity index (χ3n) is 1.77. The highest BCUT2D eigenvalue weighted by Crippen LogP contribution is 2.29. The van der Waals surface area contributed by atoms with Crippen molar-refractivity contribution in [3.05, 3.63) is 29.6 Å². The first-order valence-corrected chi connectivity index (χ1v) is 3.89. The number of hydrogen-bond donors (Lipinski definition) is 0. The zero-order valence-electron chi connectivity index (χ0n) is 7.52.